The number of esters is 1. The number of benzene rings is 3. The number of fused-ring (bicyclic) bond motifs is 1. The van der Waals surface area contributed by atoms with Gasteiger partial charge in [-0.25, -0.2) is 4.79 Å². The molecule has 4 heteroatoms. The Balaban J connectivity index is 2.03. The number of ether oxygens (including phenoxy) is 1. The second-order valence-electron chi connectivity index (χ2n) is 7.09. The molecule has 0 amide bonds. The first-order valence-corrected chi connectivity index (χ1v) is 8.89. The lowest BCUT2D eigenvalue weighted by atomic mass is 9.79. The van der Waals surface area contributed by atoms with Gasteiger partial charge >= 0.3 is 5.97 Å². The van der Waals surface area contributed by atoms with Crippen LogP contribution in [0.25, 0.3) is 0 Å². The van der Waals surface area contributed by atoms with Crippen molar-refractivity contribution < 1.29 is 19.7 Å². The molecule has 1 atom stereocenters. The maximum atomic E-state index is 12.6. The molecular formula is C23H20O4. The van der Waals surface area contributed by atoms with E-state index in [0.717, 1.165) is 5.56 Å². The summed E-state index contributed by atoms with van der Waals surface area (Å²) in [5, 5.41) is 20.6. The minimum absolute atomic E-state index is 0.0126. The van der Waals surface area contributed by atoms with Gasteiger partial charge < -0.3 is 14.9 Å². The van der Waals surface area contributed by atoms with Crippen molar-refractivity contribution in [1.29, 1.82) is 0 Å². The molecule has 3 aromatic rings. The molecule has 0 aromatic heterocycles. The maximum Gasteiger partial charge on any atom is 0.340 e. The monoisotopic (exact) mass is 360 g/mol. The Labute approximate surface area is 157 Å². The lowest BCUT2D eigenvalue weighted by molar-refractivity contribution is 0.0245. The van der Waals surface area contributed by atoms with Crippen LogP contribution in [0.4, 0.5) is 0 Å². The third kappa shape index (κ3) is 2.56. The molecule has 27 heavy (non-hydrogen) atoms. The van der Waals surface area contributed by atoms with Crippen LogP contribution in [0.3, 0.4) is 0 Å². The van der Waals surface area contributed by atoms with Crippen LogP contribution in [-0.2, 0) is 10.3 Å². The van der Waals surface area contributed by atoms with Gasteiger partial charge in [-0.1, -0.05) is 56.3 Å². The van der Waals surface area contributed by atoms with Crippen molar-refractivity contribution in [2.45, 2.75) is 25.4 Å². The van der Waals surface area contributed by atoms with Crippen molar-refractivity contribution >= 4 is 5.97 Å². The van der Waals surface area contributed by atoms with Crippen molar-refractivity contribution in [3.63, 3.8) is 0 Å². The van der Waals surface area contributed by atoms with Crippen molar-refractivity contribution in [2.75, 3.05) is 0 Å². The maximum absolute atomic E-state index is 12.6. The molecule has 1 heterocycles. The van der Waals surface area contributed by atoms with Crippen LogP contribution in [0.5, 0.6) is 11.5 Å². The summed E-state index contributed by atoms with van der Waals surface area (Å²) >= 11 is 0. The summed E-state index contributed by atoms with van der Waals surface area (Å²) in [6, 6.07) is 19.2. The molecule has 0 saturated carbocycles. The molecule has 136 valence electrons. The minimum Gasteiger partial charge on any atom is -0.508 e. The van der Waals surface area contributed by atoms with Gasteiger partial charge in [0.2, 0.25) is 0 Å². The van der Waals surface area contributed by atoms with Crippen molar-refractivity contribution in [2.24, 2.45) is 0 Å². The molecule has 0 aliphatic carbocycles. The summed E-state index contributed by atoms with van der Waals surface area (Å²) in [6.07, 6.45) is 0. The fourth-order valence-corrected chi connectivity index (χ4v) is 3.70. The molecule has 0 fully saturated rings. The summed E-state index contributed by atoms with van der Waals surface area (Å²) in [7, 11) is 0. The van der Waals surface area contributed by atoms with E-state index in [9.17, 15) is 15.0 Å². The van der Waals surface area contributed by atoms with E-state index >= 15 is 0 Å². The second kappa shape index (κ2) is 6.16. The van der Waals surface area contributed by atoms with Gasteiger partial charge in [0.05, 0.1) is 11.1 Å². The normalized spacial score (nSPS) is 18.4. The summed E-state index contributed by atoms with van der Waals surface area (Å²) in [5.74, 6) is -0.157. The quantitative estimate of drug-likeness (QED) is 0.525. The lowest BCUT2D eigenvalue weighted by Crippen LogP contribution is -2.29. The zero-order valence-corrected chi connectivity index (χ0v) is 15.1. The van der Waals surface area contributed by atoms with Crippen LogP contribution < -0.4 is 0 Å². The largest absolute Gasteiger partial charge is 0.508 e. The van der Waals surface area contributed by atoms with Crippen LogP contribution in [0, 0.1) is 0 Å². The number of phenols is 2. The van der Waals surface area contributed by atoms with E-state index in [4.69, 9.17) is 4.74 Å². The smallest absolute Gasteiger partial charge is 0.340 e. The van der Waals surface area contributed by atoms with Gasteiger partial charge in [-0.2, -0.15) is 0 Å². The molecule has 1 unspecified atom stereocenters. The number of rotatable bonds is 3. The number of cyclic esters (lactones) is 1. The van der Waals surface area contributed by atoms with Gasteiger partial charge in [-0.3, -0.25) is 0 Å². The highest BCUT2D eigenvalue weighted by Crippen LogP contribution is 2.50. The standard InChI is InChI=1S/C23H20O4/c1-14(2)15-7-9-16(10-8-15)23(20-13-17(24)11-12-21(20)25)19-6-4-3-5-18(19)22(26)27-23/h3-14,24-25H,1-2H3. The van der Waals surface area contributed by atoms with Crippen molar-refractivity contribution in [3.8, 4) is 11.5 Å². The van der Waals surface area contributed by atoms with Crippen LogP contribution in [-0.4, -0.2) is 16.2 Å². The second-order valence-corrected chi connectivity index (χ2v) is 7.09. The first kappa shape index (κ1) is 17.2. The molecule has 2 N–H and O–H groups in total. The molecule has 0 bridgehead atoms. The summed E-state index contributed by atoms with van der Waals surface area (Å²) in [4.78, 5) is 12.6. The highest BCUT2D eigenvalue weighted by Gasteiger charge is 2.49. The zero-order valence-electron chi connectivity index (χ0n) is 15.1. The third-order valence-electron chi connectivity index (χ3n) is 5.12. The Bertz CT molecular complexity index is 1020. The minimum atomic E-state index is -1.31. The van der Waals surface area contributed by atoms with E-state index in [1.54, 1.807) is 12.1 Å². The third-order valence-corrected chi connectivity index (χ3v) is 5.12. The van der Waals surface area contributed by atoms with E-state index in [1.807, 2.05) is 36.4 Å². The van der Waals surface area contributed by atoms with E-state index < -0.39 is 11.6 Å². The highest BCUT2D eigenvalue weighted by atomic mass is 16.6. The Kier molecular flexibility index (Phi) is 3.92. The number of carbonyl (C=O) groups is 1. The molecule has 0 radical (unpaired) electrons. The molecular weight excluding hydrogens is 340 g/mol. The predicted octanol–water partition coefficient (Wildman–Crippen LogP) is 4.68. The fraction of sp³-hybridized carbons (Fsp3) is 0.174. The summed E-state index contributed by atoms with van der Waals surface area (Å²) in [5.41, 5.74) is 1.99. The summed E-state index contributed by atoms with van der Waals surface area (Å²) in [6.45, 7) is 4.22. The lowest BCUT2D eigenvalue weighted by Gasteiger charge is -2.31. The van der Waals surface area contributed by atoms with E-state index in [-0.39, 0.29) is 11.5 Å². The van der Waals surface area contributed by atoms with Gasteiger partial charge in [0.15, 0.2) is 5.60 Å². The molecule has 1 aliphatic heterocycles. The molecule has 4 nitrogen and oxygen atoms in total. The Hall–Kier alpha value is -3.27. The van der Waals surface area contributed by atoms with Crippen LogP contribution in [0.2, 0.25) is 0 Å². The van der Waals surface area contributed by atoms with E-state index in [0.29, 0.717) is 28.2 Å². The SMILES string of the molecule is CC(C)c1ccc(C2(c3cc(O)ccc3O)OC(=O)c3ccccc32)cc1. The molecule has 1 aliphatic rings. The van der Waals surface area contributed by atoms with Gasteiger partial charge in [0.25, 0.3) is 0 Å². The Morgan fingerprint density at radius 1 is 0.889 bits per heavy atom. The zero-order chi connectivity index (χ0) is 19.2. The number of carbonyl (C=O) groups excluding carboxylic acids is 1. The molecule has 4 rings (SSSR count). The number of aromatic hydroxyl groups is 2. The number of phenolic OH excluding ortho intramolecular Hbond substituents is 2. The fourth-order valence-electron chi connectivity index (χ4n) is 3.70. The van der Waals surface area contributed by atoms with E-state index in [1.165, 1.54) is 18.2 Å². The van der Waals surface area contributed by atoms with Gasteiger partial charge in [-0.05, 0) is 35.7 Å². The van der Waals surface area contributed by atoms with Gasteiger partial charge in [0.1, 0.15) is 11.5 Å². The number of hydrogen-bond donors (Lipinski definition) is 2. The van der Waals surface area contributed by atoms with Crippen molar-refractivity contribution in [1.82, 2.24) is 0 Å². The highest BCUT2D eigenvalue weighted by molar-refractivity contribution is 5.96. The predicted molar refractivity (Wildman–Crippen MR) is 102 cm³/mol. The topological polar surface area (TPSA) is 66.8 Å². The van der Waals surface area contributed by atoms with E-state index in [2.05, 4.69) is 13.8 Å². The average molecular weight is 360 g/mol. The van der Waals surface area contributed by atoms with Crippen LogP contribution in [0.15, 0.2) is 66.7 Å². The first-order chi connectivity index (χ1) is 12.9. The van der Waals surface area contributed by atoms with Crippen LogP contribution >= 0.6 is 0 Å². The average Bonchev–Trinajstić information content (AvgIpc) is 2.98. The van der Waals surface area contributed by atoms with Crippen molar-refractivity contribution in [3.05, 3.63) is 94.5 Å². The van der Waals surface area contributed by atoms with Gasteiger partial charge in [-0.15, -0.1) is 0 Å². The summed E-state index contributed by atoms with van der Waals surface area (Å²) < 4.78 is 5.92. The van der Waals surface area contributed by atoms with Gasteiger partial charge in [0, 0.05) is 11.1 Å². The number of hydrogen-bond acceptors (Lipinski definition) is 4. The molecule has 3 aromatic carbocycles. The Morgan fingerprint density at radius 3 is 2.30 bits per heavy atom. The molecule has 0 spiro atoms. The molecule has 0 saturated heterocycles. The Morgan fingerprint density at radius 2 is 1.59 bits per heavy atom. The van der Waals surface area contributed by atoms with Crippen LogP contribution in [0.1, 0.15) is 52.4 Å². The first-order valence-electron chi connectivity index (χ1n) is 8.89.